The fourth-order valence-electron chi connectivity index (χ4n) is 3.38. The van der Waals surface area contributed by atoms with Crippen molar-refractivity contribution in [2.24, 2.45) is 5.41 Å². The molecule has 0 radical (unpaired) electrons. The number of rotatable bonds is 5. The van der Waals surface area contributed by atoms with Crippen LogP contribution in [0.1, 0.15) is 31.2 Å². The van der Waals surface area contributed by atoms with Crippen LogP contribution in [0.25, 0.3) is 0 Å². The van der Waals surface area contributed by atoms with Crippen molar-refractivity contribution in [3.05, 3.63) is 29.8 Å². The molecule has 1 aromatic carbocycles. The molecule has 1 aliphatic heterocycles. The first kappa shape index (κ1) is 12.9. The Bertz CT molecular complexity index is 402. The number of hydrogen-bond acceptors (Lipinski definition) is 3. The van der Waals surface area contributed by atoms with E-state index >= 15 is 0 Å². The van der Waals surface area contributed by atoms with Crippen molar-refractivity contribution >= 4 is 0 Å². The second-order valence-electron chi connectivity index (χ2n) is 6.05. The quantitative estimate of drug-likeness (QED) is 0.853. The lowest BCUT2D eigenvalue weighted by Crippen LogP contribution is -2.39. The number of benzene rings is 1. The van der Waals surface area contributed by atoms with Gasteiger partial charge in [0, 0.05) is 31.5 Å². The molecule has 3 nitrogen and oxygen atoms in total. The van der Waals surface area contributed by atoms with E-state index in [-0.39, 0.29) is 11.5 Å². The summed E-state index contributed by atoms with van der Waals surface area (Å²) < 4.78 is 5.91. The van der Waals surface area contributed by atoms with E-state index in [1.54, 1.807) is 0 Å². The Morgan fingerprint density at radius 3 is 2.79 bits per heavy atom. The number of aliphatic hydroxyl groups excluding tert-OH is 1. The van der Waals surface area contributed by atoms with Gasteiger partial charge in [-0.15, -0.1) is 0 Å². The van der Waals surface area contributed by atoms with Crippen LogP contribution < -0.4 is 10.1 Å². The van der Waals surface area contributed by atoms with E-state index < -0.39 is 0 Å². The van der Waals surface area contributed by atoms with Gasteiger partial charge in [-0.2, -0.15) is 0 Å². The number of ether oxygens (including phenoxy) is 1. The van der Waals surface area contributed by atoms with Crippen molar-refractivity contribution in [1.82, 2.24) is 5.32 Å². The predicted octanol–water partition coefficient (Wildman–Crippen LogP) is 2.13. The highest BCUT2D eigenvalue weighted by Crippen LogP contribution is 2.37. The lowest BCUT2D eigenvalue weighted by molar-refractivity contribution is 0.123. The zero-order valence-corrected chi connectivity index (χ0v) is 11.4. The van der Waals surface area contributed by atoms with Crippen molar-refractivity contribution in [2.75, 3.05) is 19.7 Å². The molecule has 0 bridgehead atoms. The molecule has 2 N–H and O–H groups in total. The maximum absolute atomic E-state index is 9.58. The molecule has 3 heteroatoms. The van der Waals surface area contributed by atoms with Crippen molar-refractivity contribution < 1.29 is 9.84 Å². The van der Waals surface area contributed by atoms with Gasteiger partial charge >= 0.3 is 0 Å². The molecule has 2 aliphatic rings. The van der Waals surface area contributed by atoms with Gasteiger partial charge in [-0.05, 0) is 24.5 Å². The number of hydrogen-bond donors (Lipinski definition) is 2. The number of fused-ring (bicyclic) bond motifs is 1. The molecule has 1 saturated carbocycles. The van der Waals surface area contributed by atoms with Crippen LogP contribution in [-0.2, 0) is 6.42 Å². The second kappa shape index (κ2) is 5.51. The average Bonchev–Trinajstić information content (AvgIpc) is 3.05. The third kappa shape index (κ3) is 2.77. The molecule has 0 saturated heterocycles. The van der Waals surface area contributed by atoms with E-state index in [2.05, 4.69) is 17.4 Å². The summed E-state index contributed by atoms with van der Waals surface area (Å²) in [4.78, 5) is 0. The summed E-state index contributed by atoms with van der Waals surface area (Å²) in [6, 6.07) is 8.27. The molecule has 1 heterocycles. The summed E-state index contributed by atoms with van der Waals surface area (Å²) in [6.45, 7) is 2.10. The lowest BCUT2D eigenvalue weighted by Gasteiger charge is -2.27. The number of para-hydroxylation sites is 1. The fourth-order valence-corrected chi connectivity index (χ4v) is 3.38. The Kier molecular flexibility index (Phi) is 3.76. The highest BCUT2D eigenvalue weighted by Gasteiger charge is 2.33. The van der Waals surface area contributed by atoms with Crippen LogP contribution in [0.15, 0.2) is 24.3 Å². The van der Waals surface area contributed by atoms with Crippen molar-refractivity contribution in [3.8, 4) is 5.75 Å². The zero-order chi connectivity index (χ0) is 13.1. The molecule has 0 spiro atoms. The molecule has 104 valence electrons. The van der Waals surface area contributed by atoms with Gasteiger partial charge in [0.1, 0.15) is 11.9 Å². The normalized spacial score (nSPS) is 24.2. The van der Waals surface area contributed by atoms with Crippen LogP contribution in [0.5, 0.6) is 5.75 Å². The maximum atomic E-state index is 9.58. The number of aliphatic hydroxyl groups is 1. The summed E-state index contributed by atoms with van der Waals surface area (Å²) in [7, 11) is 0. The van der Waals surface area contributed by atoms with Crippen LogP contribution in [0.4, 0.5) is 0 Å². The summed E-state index contributed by atoms with van der Waals surface area (Å²) >= 11 is 0. The summed E-state index contributed by atoms with van der Waals surface area (Å²) in [5.74, 6) is 1.03. The van der Waals surface area contributed by atoms with E-state index in [4.69, 9.17) is 4.74 Å². The standard InChI is InChI=1S/C16H23NO2/c18-12-16(7-3-4-8-16)11-17-10-14-9-13-5-1-2-6-15(13)19-14/h1-2,5-6,14,17-18H,3-4,7-12H2. The molecule has 1 aliphatic carbocycles. The van der Waals surface area contributed by atoms with E-state index in [0.29, 0.717) is 6.61 Å². The van der Waals surface area contributed by atoms with Crippen molar-refractivity contribution in [1.29, 1.82) is 0 Å². The summed E-state index contributed by atoms with van der Waals surface area (Å²) in [5, 5.41) is 13.1. The molecule has 1 fully saturated rings. The minimum absolute atomic E-state index is 0.130. The second-order valence-corrected chi connectivity index (χ2v) is 6.05. The number of nitrogens with one attached hydrogen (secondary N) is 1. The van der Waals surface area contributed by atoms with Gasteiger partial charge in [-0.3, -0.25) is 0 Å². The Morgan fingerprint density at radius 1 is 1.26 bits per heavy atom. The SMILES string of the molecule is OCC1(CNCC2Cc3ccccc3O2)CCCC1. The van der Waals surface area contributed by atoms with Crippen LogP contribution in [0.3, 0.4) is 0 Å². The molecule has 1 atom stereocenters. The first-order chi connectivity index (χ1) is 9.31. The molecular formula is C16H23NO2. The van der Waals surface area contributed by atoms with E-state index in [9.17, 15) is 5.11 Å². The third-order valence-corrected chi connectivity index (χ3v) is 4.59. The molecule has 1 unspecified atom stereocenters. The van der Waals surface area contributed by atoms with Gasteiger partial charge in [0.25, 0.3) is 0 Å². The molecule has 19 heavy (non-hydrogen) atoms. The van der Waals surface area contributed by atoms with Crippen LogP contribution in [0.2, 0.25) is 0 Å². The minimum atomic E-state index is 0.130. The highest BCUT2D eigenvalue weighted by atomic mass is 16.5. The van der Waals surface area contributed by atoms with E-state index in [0.717, 1.165) is 38.1 Å². The topological polar surface area (TPSA) is 41.5 Å². The van der Waals surface area contributed by atoms with Crippen LogP contribution in [0, 0.1) is 5.41 Å². The maximum Gasteiger partial charge on any atom is 0.123 e. The minimum Gasteiger partial charge on any atom is -0.488 e. The average molecular weight is 261 g/mol. The molecule has 3 rings (SSSR count). The zero-order valence-electron chi connectivity index (χ0n) is 11.4. The third-order valence-electron chi connectivity index (χ3n) is 4.59. The first-order valence-electron chi connectivity index (χ1n) is 7.37. The molecule has 0 amide bonds. The smallest absolute Gasteiger partial charge is 0.123 e. The van der Waals surface area contributed by atoms with Gasteiger partial charge in [-0.25, -0.2) is 0 Å². The van der Waals surface area contributed by atoms with E-state index in [1.807, 2.05) is 12.1 Å². The molecular weight excluding hydrogens is 238 g/mol. The predicted molar refractivity (Wildman–Crippen MR) is 75.4 cm³/mol. The van der Waals surface area contributed by atoms with Gasteiger partial charge in [-0.1, -0.05) is 31.0 Å². The van der Waals surface area contributed by atoms with Crippen LogP contribution >= 0.6 is 0 Å². The van der Waals surface area contributed by atoms with Gasteiger partial charge in [0.15, 0.2) is 0 Å². The Morgan fingerprint density at radius 2 is 2.05 bits per heavy atom. The van der Waals surface area contributed by atoms with Crippen LogP contribution in [-0.4, -0.2) is 30.9 Å². The Balaban J connectivity index is 1.47. The Hall–Kier alpha value is -1.06. The van der Waals surface area contributed by atoms with Gasteiger partial charge in [0.05, 0.1) is 0 Å². The van der Waals surface area contributed by atoms with Crippen molar-refractivity contribution in [3.63, 3.8) is 0 Å². The Labute approximate surface area is 115 Å². The molecule has 1 aromatic rings. The molecule has 0 aromatic heterocycles. The summed E-state index contributed by atoms with van der Waals surface area (Å²) in [6.07, 6.45) is 6.07. The fraction of sp³-hybridized carbons (Fsp3) is 0.625. The largest absolute Gasteiger partial charge is 0.488 e. The first-order valence-corrected chi connectivity index (χ1v) is 7.37. The van der Waals surface area contributed by atoms with Gasteiger partial charge < -0.3 is 15.2 Å². The van der Waals surface area contributed by atoms with Gasteiger partial charge in [0.2, 0.25) is 0 Å². The van der Waals surface area contributed by atoms with Crippen molar-refractivity contribution in [2.45, 2.75) is 38.2 Å². The highest BCUT2D eigenvalue weighted by molar-refractivity contribution is 5.37. The summed E-state index contributed by atoms with van der Waals surface area (Å²) in [5.41, 5.74) is 1.44. The monoisotopic (exact) mass is 261 g/mol. The van der Waals surface area contributed by atoms with E-state index in [1.165, 1.54) is 18.4 Å². The lowest BCUT2D eigenvalue weighted by atomic mass is 9.87.